The van der Waals surface area contributed by atoms with E-state index in [1.54, 1.807) is 0 Å². The fourth-order valence-electron chi connectivity index (χ4n) is 2.77. The molecule has 0 saturated carbocycles. The van der Waals surface area contributed by atoms with Crippen molar-refractivity contribution in [3.05, 3.63) is 11.6 Å². The van der Waals surface area contributed by atoms with Gasteiger partial charge in [0.05, 0.1) is 0 Å². The van der Waals surface area contributed by atoms with Gasteiger partial charge in [-0.25, -0.2) is 4.98 Å². The lowest BCUT2D eigenvalue weighted by atomic mass is 9.98. The zero-order valence-electron chi connectivity index (χ0n) is 12.0. The maximum Gasteiger partial charge on any atom is 0.293 e. The Morgan fingerprint density at radius 1 is 1.37 bits per heavy atom. The molecule has 2 rings (SSSR count). The van der Waals surface area contributed by atoms with E-state index >= 15 is 0 Å². The van der Waals surface area contributed by atoms with Crippen molar-refractivity contribution >= 4 is 5.91 Å². The number of carbonyl (C=O) groups is 1. The molecule has 0 aromatic carbocycles. The number of amides is 1. The molecule has 1 unspecified atom stereocenters. The lowest BCUT2D eigenvalue weighted by Crippen LogP contribution is -2.44. The lowest BCUT2D eigenvalue weighted by molar-refractivity contribution is 0.0588. The minimum absolute atomic E-state index is 0.00301. The molecule has 5 heteroatoms. The molecule has 1 aliphatic rings. The van der Waals surface area contributed by atoms with Crippen LogP contribution in [0.5, 0.6) is 0 Å². The fraction of sp³-hybridized carbons (Fsp3) is 0.786. The molecule has 1 atom stereocenters. The van der Waals surface area contributed by atoms with E-state index in [1.807, 2.05) is 4.90 Å². The largest absolute Gasteiger partial charge is 0.333 e. The molecule has 2 heterocycles. The van der Waals surface area contributed by atoms with E-state index in [1.165, 1.54) is 6.42 Å². The molecule has 0 aliphatic carbocycles. The Labute approximate surface area is 114 Å². The molecule has 1 saturated heterocycles. The number of H-pyrrole nitrogens is 1. The predicted molar refractivity (Wildman–Crippen MR) is 74.0 cm³/mol. The Kier molecular flexibility index (Phi) is 4.93. The normalized spacial score (nSPS) is 19.7. The van der Waals surface area contributed by atoms with Gasteiger partial charge in [-0.2, -0.15) is 0 Å². The highest BCUT2D eigenvalue weighted by atomic mass is 16.2. The van der Waals surface area contributed by atoms with Crippen LogP contribution in [-0.4, -0.2) is 38.6 Å². The molecule has 1 aliphatic heterocycles. The molecule has 1 amide bonds. The van der Waals surface area contributed by atoms with Crippen LogP contribution in [0.4, 0.5) is 0 Å². The second-order valence-corrected chi connectivity index (χ2v) is 5.29. The summed E-state index contributed by atoms with van der Waals surface area (Å²) < 4.78 is 0. The zero-order valence-corrected chi connectivity index (χ0v) is 12.0. The van der Waals surface area contributed by atoms with Gasteiger partial charge in [0.15, 0.2) is 0 Å². The molecule has 0 bridgehead atoms. The monoisotopic (exact) mass is 264 g/mol. The van der Waals surface area contributed by atoms with Crippen LogP contribution >= 0.6 is 0 Å². The first kappa shape index (κ1) is 14.0. The molecule has 5 nitrogen and oxygen atoms in total. The molecule has 1 aromatic heterocycles. The number of nitrogens with one attached hydrogen (secondary N) is 1. The predicted octanol–water partition coefficient (Wildman–Crippen LogP) is 2.55. The van der Waals surface area contributed by atoms with Gasteiger partial charge < -0.3 is 4.90 Å². The topological polar surface area (TPSA) is 61.9 Å². The van der Waals surface area contributed by atoms with Crippen LogP contribution in [0.2, 0.25) is 0 Å². The van der Waals surface area contributed by atoms with Crippen LogP contribution in [0.3, 0.4) is 0 Å². The Morgan fingerprint density at radius 2 is 2.21 bits per heavy atom. The van der Waals surface area contributed by atoms with Crippen molar-refractivity contribution in [1.29, 1.82) is 0 Å². The van der Waals surface area contributed by atoms with Crippen LogP contribution in [0.15, 0.2) is 0 Å². The average Bonchev–Trinajstić information content (AvgIpc) is 2.88. The molecule has 0 radical (unpaired) electrons. The molecular weight excluding hydrogens is 240 g/mol. The third-order valence-corrected chi connectivity index (χ3v) is 3.72. The van der Waals surface area contributed by atoms with Crippen molar-refractivity contribution in [3.63, 3.8) is 0 Å². The molecule has 106 valence electrons. The summed E-state index contributed by atoms with van der Waals surface area (Å²) in [5.41, 5.74) is 0. The van der Waals surface area contributed by atoms with Crippen molar-refractivity contribution in [1.82, 2.24) is 20.1 Å². The Bertz CT molecular complexity index is 413. The number of aryl methyl sites for hydroxylation is 1. The summed E-state index contributed by atoms with van der Waals surface area (Å²) in [5, 5.41) is 6.94. The Hall–Kier alpha value is -1.39. The number of hydrogen-bond donors (Lipinski definition) is 1. The number of aromatic nitrogens is 3. The quantitative estimate of drug-likeness (QED) is 0.889. The van der Waals surface area contributed by atoms with Gasteiger partial charge in [0.25, 0.3) is 5.91 Å². The highest BCUT2D eigenvalue weighted by molar-refractivity contribution is 5.90. The molecule has 1 N–H and O–H groups in total. The highest BCUT2D eigenvalue weighted by Gasteiger charge is 2.28. The standard InChI is InChI=1S/C14H24N4O/c1-3-7-11-9-5-6-10-18(11)14(19)13-15-12(8-4-2)16-17-13/h11H,3-10H2,1-2H3,(H,15,16,17). The summed E-state index contributed by atoms with van der Waals surface area (Å²) >= 11 is 0. The van der Waals surface area contributed by atoms with Gasteiger partial charge in [0.2, 0.25) is 5.82 Å². The number of carbonyl (C=O) groups excluding carboxylic acids is 1. The first-order valence-corrected chi connectivity index (χ1v) is 7.48. The van der Waals surface area contributed by atoms with Crippen LogP contribution in [0.1, 0.15) is 68.8 Å². The van der Waals surface area contributed by atoms with Crippen molar-refractivity contribution in [2.24, 2.45) is 0 Å². The van der Waals surface area contributed by atoms with Gasteiger partial charge in [0, 0.05) is 19.0 Å². The molecule has 19 heavy (non-hydrogen) atoms. The fourth-order valence-corrected chi connectivity index (χ4v) is 2.77. The van der Waals surface area contributed by atoms with Gasteiger partial charge in [-0.15, -0.1) is 5.10 Å². The summed E-state index contributed by atoms with van der Waals surface area (Å²) in [6.45, 7) is 5.11. The Morgan fingerprint density at radius 3 is 2.95 bits per heavy atom. The molecule has 0 spiro atoms. The Balaban J connectivity index is 2.07. The van der Waals surface area contributed by atoms with Crippen LogP contribution < -0.4 is 0 Å². The summed E-state index contributed by atoms with van der Waals surface area (Å²) in [4.78, 5) is 18.8. The maximum absolute atomic E-state index is 12.5. The van der Waals surface area contributed by atoms with Crippen LogP contribution in [-0.2, 0) is 6.42 Å². The van der Waals surface area contributed by atoms with E-state index in [9.17, 15) is 4.79 Å². The second-order valence-electron chi connectivity index (χ2n) is 5.29. The van der Waals surface area contributed by atoms with E-state index in [4.69, 9.17) is 0 Å². The van der Waals surface area contributed by atoms with Gasteiger partial charge in [-0.1, -0.05) is 20.3 Å². The minimum Gasteiger partial charge on any atom is -0.333 e. The number of aromatic amines is 1. The van der Waals surface area contributed by atoms with E-state index < -0.39 is 0 Å². The second kappa shape index (κ2) is 6.68. The smallest absolute Gasteiger partial charge is 0.293 e. The number of hydrogen-bond acceptors (Lipinski definition) is 3. The van der Waals surface area contributed by atoms with Crippen molar-refractivity contribution < 1.29 is 4.79 Å². The van der Waals surface area contributed by atoms with E-state index in [0.717, 1.165) is 50.9 Å². The SMILES string of the molecule is CCCc1nc(C(=O)N2CCCCC2CCC)n[nH]1. The first-order chi connectivity index (χ1) is 9.26. The number of nitrogens with zero attached hydrogens (tertiary/aromatic N) is 3. The van der Waals surface area contributed by atoms with Crippen molar-refractivity contribution in [2.75, 3.05) is 6.54 Å². The van der Waals surface area contributed by atoms with Gasteiger partial charge in [0.1, 0.15) is 5.82 Å². The van der Waals surface area contributed by atoms with Crippen LogP contribution in [0.25, 0.3) is 0 Å². The van der Waals surface area contributed by atoms with E-state index in [2.05, 4.69) is 29.0 Å². The minimum atomic E-state index is -0.00301. The number of likely N-dealkylation sites (tertiary alicyclic amines) is 1. The lowest BCUT2D eigenvalue weighted by Gasteiger charge is -2.35. The summed E-state index contributed by atoms with van der Waals surface area (Å²) in [7, 11) is 0. The van der Waals surface area contributed by atoms with Gasteiger partial charge >= 0.3 is 0 Å². The summed E-state index contributed by atoms with van der Waals surface area (Å²) in [5.74, 6) is 1.15. The average molecular weight is 264 g/mol. The van der Waals surface area contributed by atoms with Crippen molar-refractivity contribution in [3.8, 4) is 0 Å². The highest BCUT2D eigenvalue weighted by Crippen LogP contribution is 2.22. The van der Waals surface area contributed by atoms with E-state index in [-0.39, 0.29) is 5.91 Å². The number of piperidine rings is 1. The first-order valence-electron chi connectivity index (χ1n) is 7.48. The number of rotatable bonds is 5. The van der Waals surface area contributed by atoms with Crippen molar-refractivity contribution in [2.45, 2.75) is 64.8 Å². The van der Waals surface area contributed by atoms with E-state index in [0.29, 0.717) is 11.9 Å². The van der Waals surface area contributed by atoms with Gasteiger partial charge in [-0.05, 0) is 32.1 Å². The molecule has 1 fully saturated rings. The summed E-state index contributed by atoms with van der Waals surface area (Å²) in [6, 6.07) is 0.374. The molecule has 1 aromatic rings. The van der Waals surface area contributed by atoms with Crippen LogP contribution in [0, 0.1) is 0 Å². The summed E-state index contributed by atoms with van der Waals surface area (Å²) in [6.07, 6.45) is 7.48. The third kappa shape index (κ3) is 3.33. The molecular formula is C14H24N4O. The van der Waals surface area contributed by atoms with Gasteiger partial charge in [-0.3, -0.25) is 9.89 Å². The third-order valence-electron chi connectivity index (χ3n) is 3.72. The maximum atomic E-state index is 12.5. The zero-order chi connectivity index (χ0) is 13.7.